The van der Waals surface area contributed by atoms with E-state index < -0.39 is 0 Å². The summed E-state index contributed by atoms with van der Waals surface area (Å²) in [6.07, 6.45) is 3.88. The fraction of sp³-hybridized carbons (Fsp3) is 0.714. The van der Waals surface area contributed by atoms with Crippen LogP contribution in [0.3, 0.4) is 0 Å². The third-order valence-corrected chi connectivity index (χ3v) is 4.73. The Balaban J connectivity index is 1.60. The van der Waals surface area contributed by atoms with Gasteiger partial charge in [0.1, 0.15) is 0 Å². The molecule has 3 N–H and O–H groups in total. The van der Waals surface area contributed by atoms with E-state index in [1.54, 1.807) is 0 Å². The highest BCUT2D eigenvalue weighted by Crippen LogP contribution is 2.48. The van der Waals surface area contributed by atoms with Crippen LogP contribution < -0.4 is 5.32 Å². The van der Waals surface area contributed by atoms with Crippen LogP contribution in [-0.2, 0) is 11.2 Å². The van der Waals surface area contributed by atoms with Gasteiger partial charge in [-0.05, 0) is 44.1 Å². The molecule has 1 aromatic heterocycles. The quantitative estimate of drug-likeness (QED) is 0.751. The first-order valence-electron chi connectivity index (χ1n) is 7.08. The van der Waals surface area contributed by atoms with Crippen molar-refractivity contribution in [3.05, 3.63) is 17.5 Å². The summed E-state index contributed by atoms with van der Waals surface area (Å²) in [5, 5.41) is 19.5. The Kier molecular flexibility index (Phi) is 3.31. The summed E-state index contributed by atoms with van der Waals surface area (Å²) in [4.78, 5) is 12.1. The van der Waals surface area contributed by atoms with Gasteiger partial charge in [0.25, 0.3) is 0 Å². The third kappa shape index (κ3) is 2.39. The van der Waals surface area contributed by atoms with E-state index in [2.05, 4.69) is 15.5 Å². The lowest BCUT2D eigenvalue weighted by molar-refractivity contribution is -0.122. The Morgan fingerprint density at radius 3 is 3.00 bits per heavy atom. The smallest absolute Gasteiger partial charge is 0.226 e. The summed E-state index contributed by atoms with van der Waals surface area (Å²) in [6.45, 7) is 2.11. The largest absolute Gasteiger partial charge is 0.396 e. The van der Waals surface area contributed by atoms with Crippen molar-refractivity contribution in [3.8, 4) is 0 Å². The molecule has 2 bridgehead atoms. The number of aromatic nitrogens is 2. The number of aliphatic hydroxyl groups excluding tert-OH is 1. The summed E-state index contributed by atoms with van der Waals surface area (Å²) >= 11 is 0. The molecule has 5 heteroatoms. The molecule has 5 nitrogen and oxygen atoms in total. The summed E-state index contributed by atoms with van der Waals surface area (Å²) < 4.78 is 0. The number of nitrogens with one attached hydrogen (secondary N) is 2. The van der Waals surface area contributed by atoms with Gasteiger partial charge in [-0.1, -0.05) is 0 Å². The van der Waals surface area contributed by atoms with Crippen molar-refractivity contribution in [2.24, 2.45) is 17.8 Å². The Morgan fingerprint density at radius 1 is 1.53 bits per heavy atom. The predicted molar refractivity (Wildman–Crippen MR) is 70.4 cm³/mol. The average Bonchev–Trinajstić information content (AvgIpc) is 3.05. The number of nitrogens with zero attached hydrogens (tertiary/aromatic N) is 1. The molecular weight excluding hydrogens is 242 g/mol. The molecule has 3 rings (SSSR count). The van der Waals surface area contributed by atoms with Crippen molar-refractivity contribution in [3.63, 3.8) is 0 Å². The number of hydrogen-bond donors (Lipinski definition) is 3. The molecule has 0 radical (unpaired) electrons. The maximum Gasteiger partial charge on any atom is 0.226 e. The van der Waals surface area contributed by atoms with E-state index in [1.807, 2.05) is 13.0 Å². The highest BCUT2D eigenvalue weighted by molar-refractivity contribution is 5.78. The zero-order chi connectivity index (χ0) is 13.4. The van der Waals surface area contributed by atoms with Crippen LogP contribution >= 0.6 is 0 Å². The van der Waals surface area contributed by atoms with E-state index in [0.717, 1.165) is 17.8 Å². The molecule has 0 saturated heterocycles. The Bertz CT molecular complexity index is 471. The lowest BCUT2D eigenvalue weighted by atomic mass is 9.85. The van der Waals surface area contributed by atoms with Gasteiger partial charge < -0.3 is 10.4 Å². The minimum absolute atomic E-state index is 0.0162. The van der Waals surface area contributed by atoms with Crippen molar-refractivity contribution >= 4 is 5.91 Å². The first kappa shape index (κ1) is 12.7. The number of aliphatic hydroxyl groups is 1. The summed E-state index contributed by atoms with van der Waals surface area (Å²) in [5.41, 5.74) is 1.75. The Hall–Kier alpha value is -1.36. The van der Waals surface area contributed by atoms with E-state index in [4.69, 9.17) is 0 Å². The molecule has 0 aromatic carbocycles. The lowest BCUT2D eigenvalue weighted by Crippen LogP contribution is -2.45. The number of amides is 1. The molecule has 1 amide bonds. The first-order chi connectivity index (χ1) is 9.17. The van der Waals surface area contributed by atoms with E-state index in [0.29, 0.717) is 18.3 Å². The van der Waals surface area contributed by atoms with Crippen LogP contribution in [0.2, 0.25) is 0 Å². The van der Waals surface area contributed by atoms with Gasteiger partial charge in [-0.3, -0.25) is 9.89 Å². The van der Waals surface area contributed by atoms with Gasteiger partial charge in [-0.25, -0.2) is 0 Å². The minimum Gasteiger partial charge on any atom is -0.396 e. The van der Waals surface area contributed by atoms with E-state index in [9.17, 15) is 9.90 Å². The number of rotatable bonds is 4. The second-order valence-corrected chi connectivity index (χ2v) is 5.99. The molecule has 2 saturated carbocycles. The van der Waals surface area contributed by atoms with E-state index >= 15 is 0 Å². The molecule has 0 aliphatic heterocycles. The summed E-state index contributed by atoms with van der Waals surface area (Å²) in [5.74, 6) is 1.44. The molecular formula is C14H21N3O2. The molecule has 2 aliphatic rings. The SMILES string of the molecule is Cc1cc(CC(=O)NC2C3CCC(C3)C2CO)n[nH]1. The highest BCUT2D eigenvalue weighted by atomic mass is 16.3. The van der Waals surface area contributed by atoms with Crippen LogP contribution in [0.5, 0.6) is 0 Å². The van der Waals surface area contributed by atoms with Gasteiger partial charge in [0, 0.05) is 24.3 Å². The second-order valence-electron chi connectivity index (χ2n) is 5.99. The highest BCUT2D eigenvalue weighted by Gasteiger charge is 2.47. The van der Waals surface area contributed by atoms with Crippen molar-refractivity contribution in [1.29, 1.82) is 0 Å². The van der Waals surface area contributed by atoms with Gasteiger partial charge in [0.2, 0.25) is 5.91 Å². The van der Waals surface area contributed by atoms with Crippen molar-refractivity contribution in [2.75, 3.05) is 6.61 Å². The number of H-pyrrole nitrogens is 1. The van der Waals surface area contributed by atoms with Crippen LogP contribution in [0, 0.1) is 24.7 Å². The van der Waals surface area contributed by atoms with Crippen LogP contribution in [-0.4, -0.2) is 33.9 Å². The first-order valence-corrected chi connectivity index (χ1v) is 7.08. The number of carbonyl (C=O) groups is 1. The van der Waals surface area contributed by atoms with Gasteiger partial charge in [0.05, 0.1) is 12.1 Å². The summed E-state index contributed by atoms with van der Waals surface area (Å²) in [6, 6.07) is 2.06. The fourth-order valence-corrected chi connectivity index (χ4v) is 3.86. The van der Waals surface area contributed by atoms with Crippen LogP contribution in [0.1, 0.15) is 30.7 Å². The van der Waals surface area contributed by atoms with Crippen molar-refractivity contribution < 1.29 is 9.90 Å². The van der Waals surface area contributed by atoms with E-state index in [-0.39, 0.29) is 24.5 Å². The molecule has 4 atom stereocenters. The molecule has 4 unspecified atom stereocenters. The zero-order valence-electron chi connectivity index (χ0n) is 11.2. The maximum absolute atomic E-state index is 12.1. The number of aryl methyl sites for hydroxylation is 1. The molecule has 0 spiro atoms. The topological polar surface area (TPSA) is 78.0 Å². The molecule has 104 valence electrons. The third-order valence-electron chi connectivity index (χ3n) is 4.73. The molecule has 1 aromatic rings. The normalized spacial score (nSPS) is 32.7. The molecule has 19 heavy (non-hydrogen) atoms. The van der Waals surface area contributed by atoms with Gasteiger partial charge >= 0.3 is 0 Å². The zero-order valence-corrected chi connectivity index (χ0v) is 11.2. The van der Waals surface area contributed by atoms with Gasteiger partial charge in [0.15, 0.2) is 0 Å². The number of fused-ring (bicyclic) bond motifs is 2. The predicted octanol–water partition coefficient (Wildman–Crippen LogP) is 0.784. The standard InChI is InChI=1S/C14H21N3O2/c1-8-4-11(17-16-8)6-13(19)15-14-10-3-2-9(5-10)12(14)7-18/h4,9-10,12,14,18H,2-3,5-7H2,1H3,(H,15,19)(H,16,17). The summed E-state index contributed by atoms with van der Waals surface area (Å²) in [7, 11) is 0. The fourth-order valence-electron chi connectivity index (χ4n) is 3.86. The van der Waals surface area contributed by atoms with Gasteiger partial charge in [-0.2, -0.15) is 5.10 Å². The number of aromatic amines is 1. The number of hydrogen-bond acceptors (Lipinski definition) is 3. The average molecular weight is 263 g/mol. The van der Waals surface area contributed by atoms with E-state index in [1.165, 1.54) is 12.8 Å². The van der Waals surface area contributed by atoms with Crippen LogP contribution in [0.4, 0.5) is 0 Å². The molecule has 1 heterocycles. The molecule has 2 aliphatic carbocycles. The van der Waals surface area contributed by atoms with Crippen molar-refractivity contribution in [2.45, 2.75) is 38.6 Å². The lowest BCUT2D eigenvalue weighted by Gasteiger charge is -2.30. The number of carbonyl (C=O) groups excluding carboxylic acids is 1. The van der Waals surface area contributed by atoms with Crippen molar-refractivity contribution in [1.82, 2.24) is 15.5 Å². The molecule has 2 fully saturated rings. The second kappa shape index (κ2) is 4.96. The minimum atomic E-state index is 0.0162. The van der Waals surface area contributed by atoms with Crippen LogP contribution in [0.25, 0.3) is 0 Å². The van der Waals surface area contributed by atoms with Gasteiger partial charge in [-0.15, -0.1) is 0 Å². The Labute approximate surface area is 112 Å². The van der Waals surface area contributed by atoms with Crippen LogP contribution in [0.15, 0.2) is 6.07 Å². The Morgan fingerprint density at radius 2 is 2.32 bits per heavy atom. The maximum atomic E-state index is 12.1. The monoisotopic (exact) mass is 263 g/mol.